The molecule has 1 aromatic carbocycles. The first-order valence-electron chi connectivity index (χ1n) is 8.73. The maximum absolute atomic E-state index is 13.5. The molecule has 0 aliphatic carbocycles. The highest BCUT2D eigenvalue weighted by molar-refractivity contribution is 7.12. The molecular weight excluding hydrogens is 361 g/mol. The average Bonchev–Trinajstić information content (AvgIpc) is 3.40. The smallest absolute Gasteiger partial charge is 0.193 e. The molecule has 4 rings (SSSR count). The summed E-state index contributed by atoms with van der Waals surface area (Å²) in [7, 11) is 0. The van der Waals surface area contributed by atoms with Crippen molar-refractivity contribution in [3.63, 3.8) is 0 Å². The normalized spacial score (nSPS) is 12.4. The quantitative estimate of drug-likeness (QED) is 0.538. The number of hydrogen-bond acceptors (Lipinski definition) is 4. The second kappa shape index (κ2) is 7.46. The van der Waals surface area contributed by atoms with Crippen molar-refractivity contribution < 1.29 is 4.39 Å². The second-order valence-electron chi connectivity index (χ2n) is 6.36. The zero-order valence-corrected chi connectivity index (χ0v) is 15.9. The van der Waals surface area contributed by atoms with E-state index in [4.69, 9.17) is 0 Å². The van der Waals surface area contributed by atoms with Gasteiger partial charge in [-0.05, 0) is 44.2 Å². The Kier molecular flexibility index (Phi) is 4.87. The largest absolute Gasteiger partial charge is 0.305 e. The molecule has 27 heavy (non-hydrogen) atoms. The van der Waals surface area contributed by atoms with Crippen molar-refractivity contribution in [3.8, 4) is 10.8 Å². The summed E-state index contributed by atoms with van der Waals surface area (Å²) >= 11 is 1.61. The standard InChI is InChI=1S/C20H20FN5S/c1-14(23-12-18-7-4-9-25(18)20-22-8-10-27-20)19-13-24-26(15(19)2)17-6-3-5-16(21)11-17/h3-11,13-14,23H,12H2,1-2H3. The molecule has 7 heteroatoms. The summed E-state index contributed by atoms with van der Waals surface area (Å²) in [5.74, 6) is -0.266. The predicted molar refractivity (Wildman–Crippen MR) is 105 cm³/mol. The fourth-order valence-electron chi connectivity index (χ4n) is 3.16. The van der Waals surface area contributed by atoms with Crippen molar-refractivity contribution in [2.75, 3.05) is 0 Å². The molecule has 0 bridgehead atoms. The van der Waals surface area contributed by atoms with Crippen LogP contribution in [0.2, 0.25) is 0 Å². The summed E-state index contributed by atoms with van der Waals surface area (Å²) in [5, 5.41) is 10.9. The lowest BCUT2D eigenvalue weighted by molar-refractivity contribution is 0.560. The van der Waals surface area contributed by atoms with Crippen molar-refractivity contribution in [2.24, 2.45) is 0 Å². The number of benzene rings is 1. The van der Waals surface area contributed by atoms with Crippen LogP contribution in [-0.2, 0) is 6.54 Å². The van der Waals surface area contributed by atoms with E-state index in [1.54, 1.807) is 22.1 Å². The third-order valence-corrected chi connectivity index (χ3v) is 5.39. The lowest BCUT2D eigenvalue weighted by atomic mass is 10.1. The number of nitrogens with zero attached hydrogens (tertiary/aromatic N) is 4. The summed E-state index contributed by atoms with van der Waals surface area (Å²) in [6.45, 7) is 4.82. The lowest BCUT2D eigenvalue weighted by Crippen LogP contribution is -2.20. The molecule has 0 fully saturated rings. The molecule has 4 aromatic rings. The molecule has 1 unspecified atom stereocenters. The Morgan fingerprint density at radius 2 is 2.15 bits per heavy atom. The summed E-state index contributed by atoms with van der Waals surface area (Å²) in [6.07, 6.45) is 5.68. The maximum Gasteiger partial charge on any atom is 0.193 e. The SMILES string of the molecule is Cc1c(C(C)NCc2cccn2-c2nccs2)cnn1-c1cccc(F)c1. The van der Waals surface area contributed by atoms with Crippen LogP contribution in [0.4, 0.5) is 4.39 Å². The summed E-state index contributed by atoms with van der Waals surface area (Å²) in [6, 6.07) is 10.7. The Bertz CT molecular complexity index is 1030. The van der Waals surface area contributed by atoms with Crippen molar-refractivity contribution in [3.05, 3.63) is 83.1 Å². The molecular formula is C20H20FN5S. The van der Waals surface area contributed by atoms with Gasteiger partial charge in [0.25, 0.3) is 0 Å². The van der Waals surface area contributed by atoms with E-state index in [0.717, 1.165) is 27.8 Å². The zero-order valence-electron chi connectivity index (χ0n) is 15.1. The minimum atomic E-state index is -0.266. The third kappa shape index (κ3) is 3.56. The molecule has 3 heterocycles. The van der Waals surface area contributed by atoms with Crippen molar-refractivity contribution in [1.82, 2.24) is 24.6 Å². The van der Waals surface area contributed by atoms with Crippen LogP contribution in [0.5, 0.6) is 0 Å². The Labute approximate surface area is 161 Å². The minimum absolute atomic E-state index is 0.104. The van der Waals surface area contributed by atoms with Gasteiger partial charge in [-0.1, -0.05) is 6.07 Å². The van der Waals surface area contributed by atoms with E-state index >= 15 is 0 Å². The first-order valence-corrected chi connectivity index (χ1v) is 9.61. The molecule has 5 nitrogen and oxygen atoms in total. The number of rotatable bonds is 6. The van der Waals surface area contributed by atoms with E-state index in [9.17, 15) is 4.39 Å². The average molecular weight is 381 g/mol. The summed E-state index contributed by atoms with van der Waals surface area (Å²) in [5.41, 5.74) is 3.96. The van der Waals surface area contributed by atoms with Crippen LogP contribution in [0, 0.1) is 12.7 Å². The van der Waals surface area contributed by atoms with Gasteiger partial charge in [0, 0.05) is 47.3 Å². The van der Waals surface area contributed by atoms with Gasteiger partial charge in [-0.2, -0.15) is 5.10 Å². The van der Waals surface area contributed by atoms with Gasteiger partial charge in [0.1, 0.15) is 5.82 Å². The van der Waals surface area contributed by atoms with Gasteiger partial charge in [-0.15, -0.1) is 11.3 Å². The summed E-state index contributed by atoms with van der Waals surface area (Å²) < 4.78 is 17.4. The highest BCUT2D eigenvalue weighted by Gasteiger charge is 2.15. The van der Waals surface area contributed by atoms with Gasteiger partial charge in [0.2, 0.25) is 0 Å². The Balaban J connectivity index is 1.50. The molecule has 1 N–H and O–H groups in total. The molecule has 0 aliphatic heterocycles. The topological polar surface area (TPSA) is 47.7 Å². The fourth-order valence-corrected chi connectivity index (χ4v) is 3.82. The molecule has 0 aliphatic rings. The van der Waals surface area contributed by atoms with Crippen LogP contribution in [-0.4, -0.2) is 19.3 Å². The summed E-state index contributed by atoms with van der Waals surface area (Å²) in [4.78, 5) is 4.37. The molecule has 1 atom stereocenters. The lowest BCUT2D eigenvalue weighted by Gasteiger charge is -2.15. The molecule has 0 saturated heterocycles. The van der Waals surface area contributed by atoms with Crippen LogP contribution in [0.25, 0.3) is 10.8 Å². The second-order valence-corrected chi connectivity index (χ2v) is 7.24. The van der Waals surface area contributed by atoms with Crippen molar-refractivity contribution in [1.29, 1.82) is 0 Å². The molecule has 3 aromatic heterocycles. The van der Waals surface area contributed by atoms with Crippen LogP contribution in [0.15, 0.2) is 60.4 Å². The van der Waals surface area contributed by atoms with Crippen LogP contribution < -0.4 is 5.32 Å². The van der Waals surface area contributed by atoms with Crippen molar-refractivity contribution in [2.45, 2.75) is 26.4 Å². The third-order valence-electron chi connectivity index (χ3n) is 4.61. The number of nitrogens with one attached hydrogen (secondary N) is 1. The molecule has 138 valence electrons. The first kappa shape index (κ1) is 17.6. The van der Waals surface area contributed by atoms with Crippen molar-refractivity contribution >= 4 is 11.3 Å². The van der Waals surface area contributed by atoms with E-state index in [1.807, 2.05) is 43.0 Å². The van der Waals surface area contributed by atoms with E-state index < -0.39 is 0 Å². The maximum atomic E-state index is 13.5. The van der Waals surface area contributed by atoms with E-state index in [0.29, 0.717) is 6.54 Å². The Hall–Kier alpha value is -2.77. The van der Waals surface area contributed by atoms with E-state index in [-0.39, 0.29) is 11.9 Å². The van der Waals surface area contributed by atoms with Gasteiger partial charge in [0.05, 0.1) is 11.9 Å². The minimum Gasteiger partial charge on any atom is -0.305 e. The molecule has 0 amide bonds. The Morgan fingerprint density at radius 1 is 1.26 bits per heavy atom. The monoisotopic (exact) mass is 381 g/mol. The van der Waals surface area contributed by atoms with Crippen LogP contribution >= 0.6 is 11.3 Å². The number of halogens is 1. The molecule has 0 radical (unpaired) electrons. The zero-order chi connectivity index (χ0) is 18.8. The fraction of sp³-hybridized carbons (Fsp3) is 0.200. The van der Waals surface area contributed by atoms with E-state index in [1.165, 1.54) is 12.1 Å². The number of hydrogen-bond donors (Lipinski definition) is 1. The number of aromatic nitrogens is 4. The first-order chi connectivity index (χ1) is 13.1. The Morgan fingerprint density at radius 3 is 2.93 bits per heavy atom. The predicted octanol–water partition coefficient (Wildman–Crippen LogP) is 4.42. The van der Waals surface area contributed by atoms with Gasteiger partial charge in [-0.25, -0.2) is 14.1 Å². The van der Waals surface area contributed by atoms with E-state index in [2.05, 4.69) is 33.0 Å². The highest BCUT2D eigenvalue weighted by Crippen LogP contribution is 2.22. The number of thiazole rings is 1. The highest BCUT2D eigenvalue weighted by atomic mass is 32.1. The van der Waals surface area contributed by atoms with Crippen LogP contribution in [0.1, 0.15) is 29.9 Å². The molecule has 0 saturated carbocycles. The molecule has 0 spiro atoms. The van der Waals surface area contributed by atoms with Crippen LogP contribution in [0.3, 0.4) is 0 Å². The van der Waals surface area contributed by atoms with Gasteiger partial charge < -0.3 is 5.32 Å². The van der Waals surface area contributed by atoms with Gasteiger partial charge in [0.15, 0.2) is 5.13 Å². The van der Waals surface area contributed by atoms with Gasteiger partial charge >= 0.3 is 0 Å². The van der Waals surface area contributed by atoms with Gasteiger partial charge in [-0.3, -0.25) is 4.57 Å².